The number of nitrogens with one attached hydrogen (secondary N) is 1. The van der Waals surface area contributed by atoms with Crippen molar-refractivity contribution in [2.24, 2.45) is 5.92 Å². The number of rotatable bonds is 7. The highest BCUT2D eigenvalue weighted by atomic mass is 14.9. The van der Waals surface area contributed by atoms with Crippen LogP contribution in [0.5, 0.6) is 0 Å². The van der Waals surface area contributed by atoms with Gasteiger partial charge in [0.05, 0.1) is 0 Å². The van der Waals surface area contributed by atoms with Gasteiger partial charge in [-0.2, -0.15) is 0 Å². The molecule has 1 nitrogen and oxygen atoms in total. The molecule has 1 aliphatic rings. The third kappa shape index (κ3) is 4.91. The zero-order valence-corrected chi connectivity index (χ0v) is 11.2. The standard InChI is InChI=1S/C16H25N/c1-13(17-14(2)12-16-10-11-16)8-9-15-6-4-3-5-7-15/h3-7,13-14,16-17H,8-12H2,1-2H3. The minimum atomic E-state index is 0.629. The van der Waals surface area contributed by atoms with Gasteiger partial charge in [0.25, 0.3) is 0 Å². The van der Waals surface area contributed by atoms with E-state index in [-0.39, 0.29) is 0 Å². The summed E-state index contributed by atoms with van der Waals surface area (Å²) in [5.74, 6) is 1.03. The van der Waals surface area contributed by atoms with E-state index in [9.17, 15) is 0 Å². The van der Waals surface area contributed by atoms with E-state index in [0.29, 0.717) is 12.1 Å². The summed E-state index contributed by atoms with van der Waals surface area (Å²) in [4.78, 5) is 0. The van der Waals surface area contributed by atoms with Crippen molar-refractivity contribution in [3.8, 4) is 0 Å². The fraction of sp³-hybridized carbons (Fsp3) is 0.625. The summed E-state index contributed by atoms with van der Waals surface area (Å²) in [5.41, 5.74) is 1.45. The Morgan fingerprint density at radius 2 is 1.82 bits per heavy atom. The Bertz CT molecular complexity index is 316. The maximum Gasteiger partial charge on any atom is 0.00443 e. The lowest BCUT2D eigenvalue weighted by atomic mass is 10.0. The van der Waals surface area contributed by atoms with E-state index in [4.69, 9.17) is 0 Å². The first-order valence-corrected chi connectivity index (χ1v) is 7.04. The maximum absolute atomic E-state index is 3.72. The number of aryl methyl sites for hydroxylation is 1. The summed E-state index contributed by atoms with van der Waals surface area (Å²) in [6, 6.07) is 12.1. The second kappa shape index (κ2) is 6.20. The molecular weight excluding hydrogens is 206 g/mol. The van der Waals surface area contributed by atoms with Gasteiger partial charge in [-0.15, -0.1) is 0 Å². The van der Waals surface area contributed by atoms with E-state index in [1.54, 1.807) is 0 Å². The molecular formula is C16H25N. The molecule has 0 aromatic heterocycles. The minimum absolute atomic E-state index is 0.629. The highest BCUT2D eigenvalue weighted by Gasteiger charge is 2.23. The van der Waals surface area contributed by atoms with Crippen molar-refractivity contribution < 1.29 is 0 Å². The first kappa shape index (κ1) is 12.6. The van der Waals surface area contributed by atoms with E-state index in [2.05, 4.69) is 49.5 Å². The third-order valence-electron chi connectivity index (χ3n) is 3.66. The molecule has 2 unspecified atom stereocenters. The molecule has 0 bridgehead atoms. The number of hydrogen-bond acceptors (Lipinski definition) is 1. The van der Waals surface area contributed by atoms with Crippen molar-refractivity contribution in [2.75, 3.05) is 0 Å². The SMILES string of the molecule is CC(CCc1ccccc1)NC(C)CC1CC1. The van der Waals surface area contributed by atoms with Crippen molar-refractivity contribution in [3.05, 3.63) is 35.9 Å². The molecule has 1 aromatic rings. The Hall–Kier alpha value is -0.820. The lowest BCUT2D eigenvalue weighted by molar-refractivity contribution is 0.415. The van der Waals surface area contributed by atoms with Gasteiger partial charge in [0, 0.05) is 12.1 Å². The number of hydrogen-bond donors (Lipinski definition) is 1. The number of benzene rings is 1. The maximum atomic E-state index is 3.72. The van der Waals surface area contributed by atoms with Gasteiger partial charge in [0.15, 0.2) is 0 Å². The fourth-order valence-electron chi connectivity index (χ4n) is 2.52. The van der Waals surface area contributed by atoms with Gasteiger partial charge in [-0.25, -0.2) is 0 Å². The first-order valence-electron chi connectivity index (χ1n) is 7.04. The Morgan fingerprint density at radius 1 is 1.12 bits per heavy atom. The molecule has 1 N–H and O–H groups in total. The normalized spacial score (nSPS) is 18.9. The molecule has 2 rings (SSSR count). The lowest BCUT2D eigenvalue weighted by Crippen LogP contribution is -2.35. The van der Waals surface area contributed by atoms with Crippen LogP contribution in [0.1, 0.15) is 45.1 Å². The van der Waals surface area contributed by atoms with E-state index >= 15 is 0 Å². The molecule has 0 heterocycles. The van der Waals surface area contributed by atoms with Gasteiger partial charge < -0.3 is 5.32 Å². The van der Waals surface area contributed by atoms with Crippen LogP contribution in [0.15, 0.2) is 30.3 Å². The van der Waals surface area contributed by atoms with Crippen molar-refractivity contribution in [1.29, 1.82) is 0 Å². The zero-order chi connectivity index (χ0) is 12.1. The molecule has 1 aliphatic carbocycles. The van der Waals surface area contributed by atoms with Crippen LogP contribution < -0.4 is 5.32 Å². The molecule has 0 amide bonds. The summed E-state index contributed by atoms with van der Waals surface area (Å²) in [5, 5.41) is 3.72. The van der Waals surface area contributed by atoms with Crippen molar-refractivity contribution in [2.45, 2.75) is 58.0 Å². The smallest absolute Gasteiger partial charge is 0.00443 e. The Kier molecular flexibility index (Phi) is 4.61. The van der Waals surface area contributed by atoms with Gasteiger partial charge in [-0.05, 0) is 44.6 Å². The highest BCUT2D eigenvalue weighted by molar-refractivity contribution is 5.14. The molecule has 0 radical (unpaired) electrons. The van der Waals surface area contributed by atoms with Crippen molar-refractivity contribution >= 4 is 0 Å². The van der Waals surface area contributed by atoms with Crippen LogP contribution in [-0.2, 0) is 6.42 Å². The second-order valence-corrected chi connectivity index (χ2v) is 5.67. The summed E-state index contributed by atoms with van der Waals surface area (Å²) >= 11 is 0. The quantitative estimate of drug-likeness (QED) is 0.753. The predicted octanol–water partition coefficient (Wildman–Crippen LogP) is 3.79. The van der Waals surface area contributed by atoms with E-state index in [1.165, 1.54) is 37.7 Å². The molecule has 1 aromatic carbocycles. The topological polar surface area (TPSA) is 12.0 Å². The van der Waals surface area contributed by atoms with Crippen LogP contribution in [0, 0.1) is 5.92 Å². The largest absolute Gasteiger partial charge is 0.312 e. The molecule has 1 saturated carbocycles. The second-order valence-electron chi connectivity index (χ2n) is 5.67. The van der Waals surface area contributed by atoms with Crippen molar-refractivity contribution in [1.82, 2.24) is 5.32 Å². The highest BCUT2D eigenvalue weighted by Crippen LogP contribution is 2.33. The summed E-state index contributed by atoms with van der Waals surface area (Å²) < 4.78 is 0. The molecule has 1 fully saturated rings. The monoisotopic (exact) mass is 231 g/mol. The third-order valence-corrected chi connectivity index (χ3v) is 3.66. The van der Waals surface area contributed by atoms with Crippen molar-refractivity contribution in [3.63, 3.8) is 0 Å². The molecule has 17 heavy (non-hydrogen) atoms. The van der Waals surface area contributed by atoms with Gasteiger partial charge in [0.1, 0.15) is 0 Å². The van der Waals surface area contributed by atoms with E-state index in [0.717, 1.165) is 5.92 Å². The average molecular weight is 231 g/mol. The van der Waals surface area contributed by atoms with Crippen LogP contribution in [0.4, 0.5) is 0 Å². The van der Waals surface area contributed by atoms with E-state index in [1.807, 2.05) is 0 Å². The molecule has 94 valence electrons. The predicted molar refractivity (Wildman–Crippen MR) is 74.2 cm³/mol. The Balaban J connectivity index is 1.64. The fourth-order valence-corrected chi connectivity index (χ4v) is 2.52. The lowest BCUT2D eigenvalue weighted by Gasteiger charge is -2.20. The van der Waals surface area contributed by atoms with Gasteiger partial charge in [0.2, 0.25) is 0 Å². The van der Waals surface area contributed by atoms with Crippen LogP contribution in [0.3, 0.4) is 0 Å². The van der Waals surface area contributed by atoms with Gasteiger partial charge >= 0.3 is 0 Å². The van der Waals surface area contributed by atoms with Gasteiger partial charge in [-0.1, -0.05) is 43.2 Å². The minimum Gasteiger partial charge on any atom is -0.312 e. The van der Waals surface area contributed by atoms with E-state index < -0.39 is 0 Å². The zero-order valence-electron chi connectivity index (χ0n) is 11.2. The van der Waals surface area contributed by atoms with Crippen LogP contribution >= 0.6 is 0 Å². The molecule has 2 atom stereocenters. The molecule has 1 heteroatoms. The van der Waals surface area contributed by atoms with Crippen LogP contribution in [0.25, 0.3) is 0 Å². The van der Waals surface area contributed by atoms with Crippen LogP contribution in [-0.4, -0.2) is 12.1 Å². The molecule has 0 aliphatic heterocycles. The average Bonchev–Trinajstić information content (AvgIpc) is 3.11. The van der Waals surface area contributed by atoms with Crippen LogP contribution in [0.2, 0.25) is 0 Å². The first-order chi connectivity index (χ1) is 8.24. The molecule has 0 spiro atoms. The summed E-state index contributed by atoms with van der Waals surface area (Å²) in [6.45, 7) is 4.64. The molecule has 0 saturated heterocycles. The Morgan fingerprint density at radius 3 is 2.47 bits per heavy atom. The summed E-state index contributed by atoms with van der Waals surface area (Å²) in [7, 11) is 0. The Labute approximate surface area is 106 Å². The summed E-state index contributed by atoms with van der Waals surface area (Å²) in [6.07, 6.45) is 6.72. The van der Waals surface area contributed by atoms with Gasteiger partial charge in [-0.3, -0.25) is 0 Å².